The molecule has 150 valence electrons. The van der Waals surface area contributed by atoms with E-state index in [4.69, 9.17) is 4.74 Å². The average Bonchev–Trinajstić information content (AvgIpc) is 2.77. The highest BCUT2D eigenvalue weighted by atomic mass is 19.4. The van der Waals surface area contributed by atoms with E-state index in [-0.39, 0.29) is 30.7 Å². The summed E-state index contributed by atoms with van der Waals surface area (Å²) in [5, 5.41) is 11.2. The molecule has 0 saturated carbocycles. The molecular formula is C19H24F3NO4. The van der Waals surface area contributed by atoms with Crippen LogP contribution in [0.3, 0.4) is 0 Å². The molecule has 0 aliphatic carbocycles. The molecule has 5 nitrogen and oxygen atoms in total. The molecule has 0 aromatic heterocycles. The first kappa shape index (κ1) is 19.8. The Balaban J connectivity index is 1.79. The summed E-state index contributed by atoms with van der Waals surface area (Å²) in [5.74, 6) is -0.365. The van der Waals surface area contributed by atoms with Gasteiger partial charge >= 0.3 is 12.5 Å². The Kier molecular flexibility index (Phi) is 4.82. The monoisotopic (exact) mass is 387 g/mol. The highest BCUT2D eigenvalue weighted by Crippen LogP contribution is 2.46. The van der Waals surface area contributed by atoms with Crippen LogP contribution >= 0.6 is 0 Å². The number of amides is 1. The van der Waals surface area contributed by atoms with E-state index in [9.17, 15) is 23.1 Å². The van der Waals surface area contributed by atoms with E-state index in [1.807, 2.05) is 0 Å². The van der Waals surface area contributed by atoms with Crippen LogP contribution in [0.4, 0.5) is 18.0 Å². The normalized spacial score (nSPS) is 28.2. The van der Waals surface area contributed by atoms with Gasteiger partial charge in [-0.1, -0.05) is 12.1 Å². The number of rotatable bonds is 2. The van der Waals surface area contributed by atoms with Crippen molar-refractivity contribution in [1.82, 2.24) is 4.90 Å². The lowest BCUT2D eigenvalue weighted by Gasteiger charge is -2.44. The molecule has 1 N–H and O–H groups in total. The van der Waals surface area contributed by atoms with Gasteiger partial charge in [0.1, 0.15) is 11.4 Å². The number of nitrogens with zero attached hydrogens (tertiary/aromatic N) is 1. The minimum absolute atomic E-state index is 0.212. The molecule has 1 aromatic carbocycles. The summed E-state index contributed by atoms with van der Waals surface area (Å²) in [5.41, 5.74) is -1.56. The van der Waals surface area contributed by atoms with Gasteiger partial charge in [0.05, 0.1) is 5.60 Å². The molecule has 2 bridgehead atoms. The van der Waals surface area contributed by atoms with Crippen LogP contribution in [-0.2, 0) is 10.3 Å². The number of hydrogen-bond acceptors (Lipinski definition) is 4. The molecular weight excluding hydrogens is 363 g/mol. The maximum absolute atomic E-state index is 12.5. The first-order valence-corrected chi connectivity index (χ1v) is 8.96. The number of carbonyl (C=O) groups excluding carboxylic acids is 1. The van der Waals surface area contributed by atoms with Crippen LogP contribution in [0.1, 0.15) is 52.0 Å². The van der Waals surface area contributed by atoms with E-state index in [1.54, 1.807) is 31.7 Å². The fraction of sp³-hybridized carbons (Fsp3) is 0.632. The summed E-state index contributed by atoms with van der Waals surface area (Å²) < 4.78 is 46.9. The standard InChI is InChI=1S/C19H24F3NO4/c1-17(2,3)27-16(24)23-13-7-8-14(23)11-18(25,10-13)12-5-4-6-15(9-12)26-19(20,21)22/h4-6,9,13-14,25H,7-8,10-11H2,1-3H3. The van der Waals surface area contributed by atoms with Gasteiger partial charge < -0.3 is 19.5 Å². The summed E-state index contributed by atoms with van der Waals surface area (Å²) in [6.45, 7) is 5.37. The van der Waals surface area contributed by atoms with Crippen LogP contribution in [0.15, 0.2) is 24.3 Å². The van der Waals surface area contributed by atoms with Gasteiger partial charge in [0.15, 0.2) is 0 Å². The third-order valence-electron chi connectivity index (χ3n) is 4.98. The molecule has 1 amide bonds. The molecule has 27 heavy (non-hydrogen) atoms. The summed E-state index contributed by atoms with van der Waals surface area (Å²) in [7, 11) is 0. The first-order valence-electron chi connectivity index (χ1n) is 8.96. The van der Waals surface area contributed by atoms with Crippen molar-refractivity contribution < 1.29 is 32.5 Å². The quantitative estimate of drug-likeness (QED) is 0.820. The molecule has 8 heteroatoms. The van der Waals surface area contributed by atoms with Crippen LogP contribution < -0.4 is 4.74 Å². The molecule has 2 fully saturated rings. The smallest absolute Gasteiger partial charge is 0.444 e. The van der Waals surface area contributed by atoms with Crippen molar-refractivity contribution in [2.75, 3.05) is 0 Å². The highest BCUT2D eigenvalue weighted by molar-refractivity contribution is 5.69. The third kappa shape index (κ3) is 4.48. The van der Waals surface area contributed by atoms with Crippen LogP contribution in [0.2, 0.25) is 0 Å². The Morgan fingerprint density at radius 3 is 2.30 bits per heavy atom. The Bertz CT molecular complexity index is 700. The summed E-state index contributed by atoms with van der Waals surface area (Å²) in [6, 6.07) is 5.01. The van der Waals surface area contributed by atoms with Crippen molar-refractivity contribution in [2.45, 2.75) is 76.1 Å². The van der Waals surface area contributed by atoms with Crippen LogP contribution in [0, 0.1) is 0 Å². The second-order valence-electron chi connectivity index (χ2n) is 8.29. The molecule has 1 aromatic rings. The summed E-state index contributed by atoms with van der Waals surface area (Å²) >= 11 is 0. The molecule has 3 rings (SSSR count). The van der Waals surface area contributed by atoms with Crippen LogP contribution in [0.25, 0.3) is 0 Å². The van der Waals surface area contributed by atoms with Crippen molar-refractivity contribution >= 4 is 6.09 Å². The first-order chi connectivity index (χ1) is 12.4. The van der Waals surface area contributed by atoms with E-state index in [0.717, 1.165) is 12.8 Å². The zero-order chi connectivity index (χ0) is 20.0. The highest BCUT2D eigenvalue weighted by Gasteiger charge is 2.51. The van der Waals surface area contributed by atoms with Crippen molar-refractivity contribution in [3.8, 4) is 5.75 Å². The maximum atomic E-state index is 12.5. The Morgan fingerprint density at radius 1 is 1.19 bits per heavy atom. The Morgan fingerprint density at radius 2 is 1.78 bits per heavy atom. The van der Waals surface area contributed by atoms with Gasteiger partial charge in [-0.3, -0.25) is 0 Å². The molecule has 2 atom stereocenters. The molecule has 2 aliphatic heterocycles. The number of carbonyl (C=O) groups is 1. The maximum Gasteiger partial charge on any atom is 0.573 e. The fourth-order valence-electron chi connectivity index (χ4n) is 4.06. The van der Waals surface area contributed by atoms with Gasteiger partial charge in [0, 0.05) is 24.9 Å². The number of benzene rings is 1. The molecule has 2 heterocycles. The summed E-state index contributed by atoms with van der Waals surface area (Å²) in [4.78, 5) is 14.2. The number of aliphatic hydroxyl groups is 1. The largest absolute Gasteiger partial charge is 0.573 e. The lowest BCUT2D eigenvalue weighted by molar-refractivity contribution is -0.274. The van der Waals surface area contributed by atoms with Crippen molar-refractivity contribution in [3.05, 3.63) is 29.8 Å². The number of hydrogen-bond donors (Lipinski definition) is 1. The van der Waals surface area contributed by atoms with Gasteiger partial charge in [-0.2, -0.15) is 0 Å². The van der Waals surface area contributed by atoms with Crippen molar-refractivity contribution in [1.29, 1.82) is 0 Å². The fourth-order valence-corrected chi connectivity index (χ4v) is 4.06. The topological polar surface area (TPSA) is 59.0 Å². The van der Waals surface area contributed by atoms with Crippen LogP contribution in [0.5, 0.6) is 5.75 Å². The predicted octanol–water partition coefficient (Wildman–Crippen LogP) is 4.33. The van der Waals surface area contributed by atoms with Gasteiger partial charge in [-0.25, -0.2) is 4.79 Å². The van der Waals surface area contributed by atoms with Gasteiger partial charge in [-0.15, -0.1) is 13.2 Å². The molecule has 2 saturated heterocycles. The number of halogens is 3. The van der Waals surface area contributed by atoms with Crippen LogP contribution in [-0.4, -0.2) is 40.1 Å². The Hall–Kier alpha value is -1.96. The van der Waals surface area contributed by atoms with Crippen molar-refractivity contribution in [3.63, 3.8) is 0 Å². The minimum atomic E-state index is -4.79. The van der Waals surface area contributed by atoms with E-state index >= 15 is 0 Å². The van der Waals surface area contributed by atoms with Gasteiger partial charge in [0.25, 0.3) is 0 Å². The van der Waals surface area contributed by atoms with E-state index < -0.39 is 23.7 Å². The van der Waals surface area contributed by atoms with E-state index in [0.29, 0.717) is 5.56 Å². The third-order valence-corrected chi connectivity index (χ3v) is 4.98. The number of piperidine rings is 1. The van der Waals surface area contributed by atoms with Crippen molar-refractivity contribution in [2.24, 2.45) is 0 Å². The number of ether oxygens (including phenoxy) is 2. The Labute approximate surface area is 156 Å². The predicted molar refractivity (Wildman–Crippen MR) is 91.1 cm³/mol. The van der Waals surface area contributed by atoms with E-state index in [2.05, 4.69) is 4.74 Å². The van der Waals surface area contributed by atoms with Gasteiger partial charge in [0.2, 0.25) is 0 Å². The lowest BCUT2D eigenvalue weighted by atomic mass is 9.80. The zero-order valence-corrected chi connectivity index (χ0v) is 15.5. The lowest BCUT2D eigenvalue weighted by Crippen LogP contribution is -2.53. The molecule has 2 aliphatic rings. The number of alkyl halides is 3. The van der Waals surface area contributed by atoms with E-state index in [1.165, 1.54) is 18.2 Å². The average molecular weight is 387 g/mol. The molecule has 0 spiro atoms. The molecule has 2 unspecified atom stereocenters. The summed E-state index contributed by atoms with van der Waals surface area (Å²) in [6.07, 6.45) is -3.25. The SMILES string of the molecule is CC(C)(C)OC(=O)N1C2CCC1CC(O)(c1cccc(OC(F)(F)F)c1)C2. The second kappa shape index (κ2) is 6.58. The zero-order valence-electron chi connectivity index (χ0n) is 15.5. The second-order valence-corrected chi connectivity index (χ2v) is 8.29. The minimum Gasteiger partial charge on any atom is -0.444 e. The number of fused-ring (bicyclic) bond motifs is 2. The molecule has 0 radical (unpaired) electrons. The van der Waals surface area contributed by atoms with Gasteiger partial charge in [-0.05, 0) is 51.3 Å².